The van der Waals surface area contributed by atoms with Gasteiger partial charge in [-0.05, 0) is 24.6 Å². The van der Waals surface area contributed by atoms with Crippen LogP contribution in [-0.2, 0) is 6.18 Å². The number of rotatable bonds is 4. The quantitative estimate of drug-likeness (QED) is 0.481. The number of nitriles is 1. The standard InChI is InChI=1S/C19H11ClF3N9O/c1-10-2-3-25-17(14(10)20)31-15(19(21,22)23)13(9-29-31)18(33)30-12-6-11(7-24)16(26-8-12)32-27-4-5-28-32/h2-6,8-9H,1H3,(H,30,33). The third kappa shape index (κ3) is 4.11. The van der Waals surface area contributed by atoms with Gasteiger partial charge in [0, 0.05) is 6.20 Å². The van der Waals surface area contributed by atoms with Crippen LogP contribution in [-0.4, -0.2) is 40.6 Å². The lowest BCUT2D eigenvalue weighted by atomic mass is 10.2. The average Bonchev–Trinajstić information content (AvgIpc) is 3.45. The summed E-state index contributed by atoms with van der Waals surface area (Å²) in [6.07, 6.45) is 1.01. The molecule has 0 aromatic carbocycles. The van der Waals surface area contributed by atoms with Crippen molar-refractivity contribution < 1.29 is 18.0 Å². The van der Waals surface area contributed by atoms with E-state index in [1.807, 2.05) is 6.07 Å². The van der Waals surface area contributed by atoms with Crippen LogP contribution in [0.2, 0.25) is 5.02 Å². The highest BCUT2D eigenvalue weighted by atomic mass is 35.5. The lowest BCUT2D eigenvalue weighted by molar-refractivity contribution is -0.143. The number of pyridine rings is 2. The molecule has 0 saturated carbocycles. The Bertz CT molecular complexity index is 1390. The van der Waals surface area contributed by atoms with Crippen molar-refractivity contribution in [3.8, 4) is 17.7 Å². The fraction of sp³-hybridized carbons (Fsp3) is 0.105. The van der Waals surface area contributed by atoms with Crippen LogP contribution in [0.5, 0.6) is 0 Å². The van der Waals surface area contributed by atoms with Crippen LogP contribution in [0.3, 0.4) is 0 Å². The van der Waals surface area contributed by atoms with Gasteiger partial charge in [0.15, 0.2) is 17.3 Å². The first-order valence-electron chi connectivity index (χ1n) is 9.05. The van der Waals surface area contributed by atoms with E-state index >= 15 is 0 Å². The zero-order valence-corrected chi connectivity index (χ0v) is 17.3. The van der Waals surface area contributed by atoms with Crippen molar-refractivity contribution in [1.82, 2.24) is 34.7 Å². The Kier molecular flexibility index (Phi) is 5.52. The molecule has 0 fully saturated rings. The van der Waals surface area contributed by atoms with Gasteiger partial charge in [0.1, 0.15) is 11.6 Å². The molecule has 0 aliphatic rings. The second-order valence-electron chi connectivity index (χ2n) is 6.56. The number of alkyl halides is 3. The molecule has 0 saturated heterocycles. The van der Waals surface area contributed by atoms with Crippen molar-refractivity contribution in [3.05, 3.63) is 70.5 Å². The Morgan fingerprint density at radius 2 is 1.85 bits per heavy atom. The first-order valence-corrected chi connectivity index (χ1v) is 9.43. The highest BCUT2D eigenvalue weighted by Crippen LogP contribution is 2.35. The molecule has 10 nitrogen and oxygen atoms in total. The molecule has 0 aliphatic heterocycles. The van der Waals surface area contributed by atoms with E-state index in [0.717, 1.165) is 17.2 Å². The van der Waals surface area contributed by atoms with Crippen molar-refractivity contribution in [2.24, 2.45) is 0 Å². The maximum absolute atomic E-state index is 13.9. The molecule has 166 valence electrons. The number of amides is 1. The Hall–Kier alpha value is -4.31. The summed E-state index contributed by atoms with van der Waals surface area (Å²) in [5.41, 5.74) is -1.66. The molecule has 4 aromatic rings. The second kappa shape index (κ2) is 8.32. The fourth-order valence-electron chi connectivity index (χ4n) is 2.91. The molecule has 1 amide bonds. The number of hydrogen-bond donors (Lipinski definition) is 1. The molecule has 14 heteroatoms. The summed E-state index contributed by atoms with van der Waals surface area (Å²) >= 11 is 6.12. The average molecular weight is 474 g/mol. The molecular formula is C19H11ClF3N9O. The van der Waals surface area contributed by atoms with Gasteiger partial charge in [-0.3, -0.25) is 4.79 Å². The molecule has 1 N–H and O–H groups in total. The minimum absolute atomic E-state index is 0.00789. The zero-order valence-electron chi connectivity index (χ0n) is 16.5. The second-order valence-corrected chi connectivity index (χ2v) is 6.94. The van der Waals surface area contributed by atoms with Gasteiger partial charge in [0.05, 0.1) is 41.1 Å². The zero-order chi connectivity index (χ0) is 23.8. The van der Waals surface area contributed by atoms with Crippen LogP contribution in [0.25, 0.3) is 11.6 Å². The summed E-state index contributed by atoms with van der Waals surface area (Å²) in [5.74, 6) is -1.30. The molecule has 0 unspecified atom stereocenters. The number of anilines is 1. The normalized spacial score (nSPS) is 11.3. The number of nitrogens with zero attached hydrogens (tertiary/aromatic N) is 8. The van der Waals surface area contributed by atoms with E-state index in [9.17, 15) is 23.2 Å². The topological polar surface area (TPSA) is 127 Å². The van der Waals surface area contributed by atoms with Crippen LogP contribution >= 0.6 is 11.6 Å². The lowest BCUT2D eigenvalue weighted by Crippen LogP contribution is -2.21. The lowest BCUT2D eigenvalue weighted by Gasteiger charge is -2.14. The largest absolute Gasteiger partial charge is 0.434 e. The number of halogens is 4. The molecule has 0 spiro atoms. The predicted molar refractivity (Wildman–Crippen MR) is 108 cm³/mol. The molecule has 4 aromatic heterocycles. The highest BCUT2D eigenvalue weighted by molar-refractivity contribution is 6.32. The van der Waals surface area contributed by atoms with Gasteiger partial charge >= 0.3 is 6.18 Å². The number of carbonyl (C=O) groups excluding carboxylic acids is 1. The highest BCUT2D eigenvalue weighted by Gasteiger charge is 2.41. The van der Waals surface area contributed by atoms with E-state index in [0.29, 0.717) is 10.2 Å². The first kappa shape index (κ1) is 21.9. The molecule has 0 atom stereocenters. The van der Waals surface area contributed by atoms with Crippen LogP contribution in [0, 0.1) is 18.3 Å². The van der Waals surface area contributed by atoms with E-state index in [1.165, 1.54) is 30.7 Å². The molecule has 0 bridgehead atoms. The Labute approximate surface area is 188 Å². The molecule has 0 radical (unpaired) electrons. The maximum Gasteiger partial charge on any atom is 0.434 e. The van der Waals surface area contributed by atoms with Crippen LogP contribution in [0.15, 0.2) is 43.1 Å². The number of hydrogen-bond acceptors (Lipinski definition) is 7. The number of aryl methyl sites for hydroxylation is 1. The van der Waals surface area contributed by atoms with Gasteiger partial charge in [0.25, 0.3) is 5.91 Å². The first-order chi connectivity index (χ1) is 15.7. The minimum atomic E-state index is -4.95. The van der Waals surface area contributed by atoms with Gasteiger partial charge in [-0.15, -0.1) is 4.80 Å². The van der Waals surface area contributed by atoms with E-state index < -0.39 is 23.3 Å². The number of carbonyl (C=O) groups is 1. The smallest absolute Gasteiger partial charge is 0.320 e. The fourth-order valence-corrected chi connectivity index (χ4v) is 3.10. The van der Waals surface area contributed by atoms with E-state index in [2.05, 4.69) is 30.6 Å². The van der Waals surface area contributed by atoms with Crippen molar-refractivity contribution in [3.63, 3.8) is 0 Å². The van der Waals surface area contributed by atoms with Crippen LogP contribution in [0.1, 0.15) is 27.2 Å². The maximum atomic E-state index is 13.9. The van der Waals surface area contributed by atoms with Crippen LogP contribution < -0.4 is 5.32 Å². The van der Waals surface area contributed by atoms with Gasteiger partial charge < -0.3 is 5.32 Å². The van der Waals surface area contributed by atoms with Gasteiger partial charge in [-0.2, -0.15) is 33.7 Å². The molecule has 4 heterocycles. The van der Waals surface area contributed by atoms with Crippen LogP contribution in [0.4, 0.5) is 18.9 Å². The summed E-state index contributed by atoms with van der Waals surface area (Å²) in [6.45, 7) is 1.60. The molecule has 0 aliphatic carbocycles. The Morgan fingerprint density at radius 1 is 1.12 bits per heavy atom. The molecule has 4 rings (SSSR count). The molecule has 33 heavy (non-hydrogen) atoms. The Morgan fingerprint density at radius 3 is 2.52 bits per heavy atom. The van der Waals surface area contributed by atoms with E-state index in [1.54, 1.807) is 6.92 Å². The monoisotopic (exact) mass is 473 g/mol. The van der Waals surface area contributed by atoms with Crippen molar-refractivity contribution in [2.45, 2.75) is 13.1 Å². The van der Waals surface area contributed by atoms with Crippen molar-refractivity contribution >= 4 is 23.2 Å². The van der Waals surface area contributed by atoms with Gasteiger partial charge in [0.2, 0.25) is 0 Å². The Balaban J connectivity index is 1.72. The summed E-state index contributed by atoms with van der Waals surface area (Å²) in [6, 6.07) is 4.64. The third-order valence-corrected chi connectivity index (χ3v) is 4.87. The summed E-state index contributed by atoms with van der Waals surface area (Å²) in [5, 5.41) is 23.1. The summed E-state index contributed by atoms with van der Waals surface area (Å²) < 4.78 is 42.2. The summed E-state index contributed by atoms with van der Waals surface area (Å²) in [7, 11) is 0. The van der Waals surface area contributed by atoms with Crippen molar-refractivity contribution in [1.29, 1.82) is 5.26 Å². The minimum Gasteiger partial charge on any atom is -0.320 e. The van der Waals surface area contributed by atoms with E-state index in [4.69, 9.17) is 11.6 Å². The predicted octanol–water partition coefficient (Wildman–Crippen LogP) is 3.35. The van der Waals surface area contributed by atoms with Gasteiger partial charge in [-0.25, -0.2) is 14.6 Å². The van der Waals surface area contributed by atoms with Crippen molar-refractivity contribution in [2.75, 3.05) is 5.32 Å². The van der Waals surface area contributed by atoms with Gasteiger partial charge in [-0.1, -0.05) is 11.6 Å². The SMILES string of the molecule is Cc1ccnc(-n2ncc(C(=O)Nc3cnc(-n4nccn4)c(C#N)c3)c2C(F)(F)F)c1Cl. The molecular weight excluding hydrogens is 463 g/mol. The van der Waals surface area contributed by atoms with E-state index in [-0.39, 0.29) is 27.9 Å². The number of nitrogens with one attached hydrogen (secondary N) is 1. The third-order valence-electron chi connectivity index (χ3n) is 4.40. The number of aromatic nitrogens is 7. The summed E-state index contributed by atoms with van der Waals surface area (Å²) in [4.78, 5) is 21.7.